The molecule has 0 bridgehead atoms. The van der Waals surface area contributed by atoms with Gasteiger partial charge in [0.15, 0.2) is 5.96 Å². The Labute approximate surface area is 189 Å². The van der Waals surface area contributed by atoms with E-state index in [1.54, 1.807) is 11.9 Å². The van der Waals surface area contributed by atoms with Crippen LogP contribution in [-0.4, -0.2) is 67.7 Å². The van der Waals surface area contributed by atoms with Crippen LogP contribution in [0.3, 0.4) is 0 Å². The largest absolute Gasteiger partial charge is 0.444 e. The second-order valence-corrected chi connectivity index (χ2v) is 7.74. The summed E-state index contributed by atoms with van der Waals surface area (Å²) in [6, 6.07) is 10.1. The normalized spacial score (nSPS) is 14.3. The maximum absolute atomic E-state index is 12.0. The summed E-state index contributed by atoms with van der Waals surface area (Å²) < 4.78 is 5.33. The molecule has 2 amide bonds. The van der Waals surface area contributed by atoms with Crippen LogP contribution in [0.4, 0.5) is 4.79 Å². The van der Waals surface area contributed by atoms with Crippen LogP contribution in [0.15, 0.2) is 35.3 Å². The van der Waals surface area contributed by atoms with Crippen molar-refractivity contribution in [2.24, 2.45) is 4.99 Å². The van der Waals surface area contributed by atoms with E-state index >= 15 is 0 Å². The number of ether oxygens (including phenoxy) is 1. The van der Waals surface area contributed by atoms with Crippen LogP contribution >= 0.6 is 24.0 Å². The molecule has 1 aliphatic rings. The summed E-state index contributed by atoms with van der Waals surface area (Å²) in [7, 11) is 1.65. The van der Waals surface area contributed by atoms with E-state index in [1.165, 1.54) is 5.56 Å². The zero-order valence-electron chi connectivity index (χ0n) is 17.5. The number of carbonyl (C=O) groups is 2. The molecule has 1 saturated heterocycles. The summed E-state index contributed by atoms with van der Waals surface area (Å²) in [6.07, 6.45) is 0.480. The highest BCUT2D eigenvalue weighted by atomic mass is 127. The SMILES string of the molecule is CN=C(NCC(=O)NCCc1ccccc1)NC1CN(C(=O)OC(C)(C)C)C1.I. The van der Waals surface area contributed by atoms with E-state index in [2.05, 4.69) is 20.9 Å². The molecule has 1 fully saturated rings. The van der Waals surface area contributed by atoms with Crippen LogP contribution < -0.4 is 16.0 Å². The molecule has 3 N–H and O–H groups in total. The van der Waals surface area contributed by atoms with Gasteiger partial charge in [-0.25, -0.2) is 4.79 Å². The first-order valence-electron chi connectivity index (χ1n) is 9.52. The topological polar surface area (TPSA) is 95.1 Å². The van der Waals surface area contributed by atoms with Crippen LogP contribution in [0.25, 0.3) is 0 Å². The van der Waals surface area contributed by atoms with Gasteiger partial charge in [-0.3, -0.25) is 9.79 Å². The minimum Gasteiger partial charge on any atom is -0.444 e. The van der Waals surface area contributed by atoms with Gasteiger partial charge < -0.3 is 25.6 Å². The second-order valence-electron chi connectivity index (χ2n) is 7.74. The Bertz CT molecular complexity index is 685. The molecule has 1 heterocycles. The van der Waals surface area contributed by atoms with E-state index in [-0.39, 0.29) is 48.6 Å². The third kappa shape index (κ3) is 9.33. The first kappa shape index (κ1) is 25.0. The number of halogens is 1. The van der Waals surface area contributed by atoms with Crippen molar-refractivity contribution in [2.45, 2.75) is 38.8 Å². The van der Waals surface area contributed by atoms with E-state index in [1.807, 2.05) is 51.1 Å². The van der Waals surface area contributed by atoms with Crippen molar-refractivity contribution in [1.29, 1.82) is 0 Å². The molecule has 2 rings (SSSR count). The van der Waals surface area contributed by atoms with Crippen molar-refractivity contribution in [2.75, 3.05) is 33.2 Å². The first-order chi connectivity index (χ1) is 13.3. The van der Waals surface area contributed by atoms with Crippen LogP contribution in [0.2, 0.25) is 0 Å². The quantitative estimate of drug-likeness (QED) is 0.304. The zero-order chi connectivity index (χ0) is 20.6. The number of nitrogens with zero attached hydrogens (tertiary/aromatic N) is 2. The third-order valence-electron chi connectivity index (χ3n) is 4.09. The molecule has 1 aromatic carbocycles. The van der Waals surface area contributed by atoms with Crippen LogP contribution in [-0.2, 0) is 16.0 Å². The molecule has 29 heavy (non-hydrogen) atoms. The van der Waals surface area contributed by atoms with Gasteiger partial charge in [-0.05, 0) is 32.8 Å². The monoisotopic (exact) mass is 517 g/mol. The Balaban J connectivity index is 0.00000420. The van der Waals surface area contributed by atoms with Crippen molar-refractivity contribution in [3.05, 3.63) is 35.9 Å². The molecule has 162 valence electrons. The molecule has 0 aliphatic carbocycles. The molecule has 1 aromatic rings. The first-order valence-corrected chi connectivity index (χ1v) is 9.52. The van der Waals surface area contributed by atoms with Gasteiger partial charge in [0.2, 0.25) is 5.91 Å². The van der Waals surface area contributed by atoms with Crippen molar-refractivity contribution >= 4 is 41.9 Å². The number of carbonyl (C=O) groups excluding carboxylic acids is 2. The minimum absolute atomic E-state index is 0. The number of rotatable bonds is 6. The number of amides is 2. The maximum Gasteiger partial charge on any atom is 0.410 e. The predicted octanol–water partition coefficient (Wildman–Crippen LogP) is 1.75. The Morgan fingerprint density at radius 2 is 1.83 bits per heavy atom. The van der Waals surface area contributed by atoms with Crippen LogP contribution in [0.1, 0.15) is 26.3 Å². The molecule has 0 saturated carbocycles. The van der Waals surface area contributed by atoms with Crippen molar-refractivity contribution in [3.63, 3.8) is 0 Å². The lowest BCUT2D eigenvalue weighted by atomic mass is 10.1. The zero-order valence-corrected chi connectivity index (χ0v) is 19.9. The van der Waals surface area contributed by atoms with E-state index in [4.69, 9.17) is 4.74 Å². The Morgan fingerprint density at radius 1 is 1.17 bits per heavy atom. The highest BCUT2D eigenvalue weighted by Gasteiger charge is 2.34. The predicted molar refractivity (Wildman–Crippen MR) is 125 cm³/mol. The standard InChI is InChI=1S/C20H31N5O3.HI/c1-20(2,3)28-19(27)25-13-16(14-25)24-18(21-4)23-12-17(26)22-11-10-15-8-6-5-7-9-15;/h5-9,16H,10-14H2,1-4H3,(H,22,26)(H2,21,23,24);1H. The van der Waals surface area contributed by atoms with Gasteiger partial charge in [0.05, 0.1) is 12.6 Å². The Hall–Kier alpha value is -2.04. The average molecular weight is 517 g/mol. The van der Waals surface area contributed by atoms with Gasteiger partial charge in [-0.2, -0.15) is 0 Å². The number of benzene rings is 1. The fourth-order valence-electron chi connectivity index (χ4n) is 2.65. The Morgan fingerprint density at radius 3 is 2.41 bits per heavy atom. The fraction of sp³-hybridized carbons (Fsp3) is 0.550. The van der Waals surface area contributed by atoms with Gasteiger partial charge >= 0.3 is 6.09 Å². The highest BCUT2D eigenvalue weighted by molar-refractivity contribution is 14.0. The molecule has 0 spiro atoms. The highest BCUT2D eigenvalue weighted by Crippen LogP contribution is 2.15. The maximum atomic E-state index is 12.0. The van der Waals surface area contributed by atoms with E-state index in [0.717, 1.165) is 6.42 Å². The summed E-state index contributed by atoms with van der Waals surface area (Å²) >= 11 is 0. The third-order valence-corrected chi connectivity index (χ3v) is 4.09. The summed E-state index contributed by atoms with van der Waals surface area (Å²) in [5, 5.41) is 9.07. The smallest absolute Gasteiger partial charge is 0.410 e. The second kappa shape index (κ2) is 11.8. The minimum atomic E-state index is -0.499. The van der Waals surface area contributed by atoms with Crippen LogP contribution in [0.5, 0.6) is 0 Å². The average Bonchev–Trinajstić information content (AvgIpc) is 2.59. The molecule has 0 aromatic heterocycles. The lowest BCUT2D eigenvalue weighted by molar-refractivity contribution is -0.119. The van der Waals surface area contributed by atoms with Gasteiger partial charge in [0.25, 0.3) is 0 Å². The summed E-state index contributed by atoms with van der Waals surface area (Å²) in [4.78, 5) is 29.7. The summed E-state index contributed by atoms with van der Waals surface area (Å²) in [6.45, 7) is 7.34. The summed E-state index contributed by atoms with van der Waals surface area (Å²) in [5.74, 6) is 0.440. The fourth-order valence-corrected chi connectivity index (χ4v) is 2.65. The number of likely N-dealkylation sites (tertiary alicyclic amines) is 1. The molecule has 9 heteroatoms. The van der Waals surface area contributed by atoms with Crippen molar-refractivity contribution in [3.8, 4) is 0 Å². The molecule has 1 aliphatic heterocycles. The van der Waals surface area contributed by atoms with E-state index in [0.29, 0.717) is 25.6 Å². The molecular weight excluding hydrogens is 485 g/mol. The molecular formula is C20H32IN5O3. The molecule has 0 unspecified atom stereocenters. The van der Waals surface area contributed by atoms with Gasteiger partial charge in [-0.1, -0.05) is 30.3 Å². The van der Waals surface area contributed by atoms with Gasteiger partial charge in [0.1, 0.15) is 5.60 Å². The number of nitrogens with one attached hydrogen (secondary N) is 3. The molecule has 0 atom stereocenters. The molecule has 8 nitrogen and oxygen atoms in total. The number of guanidine groups is 1. The lowest BCUT2D eigenvalue weighted by Gasteiger charge is -2.40. The van der Waals surface area contributed by atoms with Crippen molar-refractivity contribution < 1.29 is 14.3 Å². The van der Waals surface area contributed by atoms with E-state index in [9.17, 15) is 9.59 Å². The number of hydrogen-bond donors (Lipinski definition) is 3. The number of aliphatic imine (C=N–C) groups is 1. The van der Waals surface area contributed by atoms with Gasteiger partial charge in [0, 0.05) is 26.7 Å². The molecule has 0 radical (unpaired) electrons. The summed E-state index contributed by atoms with van der Waals surface area (Å²) in [5.41, 5.74) is 0.689. The van der Waals surface area contributed by atoms with Crippen LogP contribution in [0, 0.1) is 0 Å². The lowest BCUT2D eigenvalue weighted by Crippen LogP contribution is -2.63. The van der Waals surface area contributed by atoms with E-state index < -0.39 is 5.60 Å². The Kier molecular flexibility index (Phi) is 10.2. The van der Waals surface area contributed by atoms with Gasteiger partial charge in [-0.15, -0.1) is 24.0 Å². The van der Waals surface area contributed by atoms with Crippen molar-refractivity contribution in [1.82, 2.24) is 20.9 Å². The number of hydrogen-bond acceptors (Lipinski definition) is 4.